The molecule has 1 aromatic carbocycles. The zero-order valence-electron chi connectivity index (χ0n) is 13.0. The van der Waals surface area contributed by atoms with Gasteiger partial charge < -0.3 is 25.6 Å². The van der Waals surface area contributed by atoms with Crippen molar-refractivity contribution in [2.75, 3.05) is 18.0 Å². The third-order valence-electron chi connectivity index (χ3n) is 3.80. The summed E-state index contributed by atoms with van der Waals surface area (Å²) >= 11 is 6.00. The maximum absolute atomic E-state index is 13.1. The molecule has 1 saturated heterocycles. The van der Waals surface area contributed by atoms with E-state index in [1.54, 1.807) is 4.90 Å². The second kappa shape index (κ2) is 7.82. The zero-order chi connectivity index (χ0) is 17.9. The second-order valence-corrected chi connectivity index (χ2v) is 5.99. The lowest BCUT2D eigenvalue weighted by molar-refractivity contribution is -0.127. The molecule has 10 heteroatoms. The average Bonchev–Trinajstić information content (AvgIpc) is 2.46. The normalized spacial score (nSPS) is 17.7. The van der Waals surface area contributed by atoms with E-state index in [0.717, 1.165) is 0 Å². The van der Waals surface area contributed by atoms with Crippen molar-refractivity contribution in [2.24, 2.45) is 0 Å². The lowest BCUT2D eigenvalue weighted by atomic mass is 9.81. The topological polar surface area (TPSA) is 102 Å². The van der Waals surface area contributed by atoms with Gasteiger partial charge in [0.2, 0.25) is 11.8 Å². The average molecular weight is 358 g/mol. The molecule has 1 unspecified atom stereocenters. The second-order valence-electron chi connectivity index (χ2n) is 5.58. The molecule has 0 aromatic heterocycles. The maximum atomic E-state index is 13.1. The fourth-order valence-corrected chi connectivity index (χ4v) is 2.60. The van der Waals surface area contributed by atoms with E-state index in [0.29, 0.717) is 18.7 Å². The molecule has 2 rings (SSSR count). The quantitative estimate of drug-likeness (QED) is 0.523. The number of nitrogens with one attached hydrogen (secondary N) is 2. The van der Waals surface area contributed by atoms with E-state index < -0.39 is 30.8 Å². The van der Waals surface area contributed by atoms with Crippen LogP contribution < -0.4 is 15.5 Å². The first kappa shape index (κ1) is 18.5. The number of carbonyl (C=O) groups excluding carboxylic acids is 2. The first-order chi connectivity index (χ1) is 11.3. The summed E-state index contributed by atoms with van der Waals surface area (Å²) in [7, 11) is -1.67. The number of nitrogens with zero attached hydrogens (tertiary/aromatic N) is 1. The van der Waals surface area contributed by atoms with E-state index in [-0.39, 0.29) is 17.5 Å². The molecule has 2 atom stereocenters. The summed E-state index contributed by atoms with van der Waals surface area (Å²) in [6.07, 6.45) is 0.590. The van der Waals surface area contributed by atoms with Crippen molar-refractivity contribution in [3.05, 3.63) is 29.0 Å². The molecule has 130 valence electrons. The minimum absolute atomic E-state index is 0.219. The van der Waals surface area contributed by atoms with Crippen LogP contribution >= 0.6 is 11.6 Å². The molecule has 1 aliphatic heterocycles. The molecule has 0 radical (unpaired) electrons. The number of benzene rings is 1. The molecule has 0 spiro atoms. The van der Waals surface area contributed by atoms with Gasteiger partial charge in [-0.2, -0.15) is 0 Å². The standard InChI is InChI=1S/C14H18BClFN3O4/c1-8(15(23)24)19-13(21)7-18-14(22)12-4-5-20(12)11-3-2-9(17)6-10(11)16/h2-3,6,8,12,23-24H,4-5,7H2,1H3,(H,18,22)(H,19,21)/t8?,12-/m0/s1. The van der Waals surface area contributed by atoms with Crippen molar-refractivity contribution >= 4 is 36.2 Å². The first-order valence-corrected chi connectivity index (χ1v) is 7.82. The van der Waals surface area contributed by atoms with Crippen LogP contribution in [0, 0.1) is 5.82 Å². The molecule has 7 nitrogen and oxygen atoms in total. The lowest BCUT2D eigenvalue weighted by Gasteiger charge is -2.42. The Labute approximate surface area is 143 Å². The molecule has 2 amide bonds. The summed E-state index contributed by atoms with van der Waals surface area (Å²) in [5.74, 6) is -2.18. The molecule has 1 aliphatic rings. The molecule has 1 heterocycles. The van der Waals surface area contributed by atoms with Gasteiger partial charge in [-0.05, 0) is 31.5 Å². The van der Waals surface area contributed by atoms with E-state index >= 15 is 0 Å². The Balaban J connectivity index is 1.88. The van der Waals surface area contributed by atoms with Crippen LogP contribution in [0.4, 0.5) is 10.1 Å². The number of rotatable bonds is 6. The summed E-state index contributed by atoms with van der Waals surface area (Å²) in [4.78, 5) is 25.5. The Kier molecular flexibility index (Phi) is 6.03. The summed E-state index contributed by atoms with van der Waals surface area (Å²) in [6, 6.07) is 3.47. The Bertz CT molecular complexity index is 634. The molecular weight excluding hydrogens is 339 g/mol. The summed E-state index contributed by atoms with van der Waals surface area (Å²) in [5.41, 5.74) is 0.561. The fourth-order valence-electron chi connectivity index (χ4n) is 2.33. The lowest BCUT2D eigenvalue weighted by Crippen LogP contribution is -2.57. The minimum Gasteiger partial charge on any atom is -0.426 e. The van der Waals surface area contributed by atoms with E-state index in [4.69, 9.17) is 21.6 Å². The minimum atomic E-state index is -1.67. The summed E-state index contributed by atoms with van der Waals surface area (Å²) < 4.78 is 13.1. The highest BCUT2D eigenvalue weighted by Crippen LogP contribution is 2.33. The van der Waals surface area contributed by atoms with Crippen LogP contribution in [-0.4, -0.2) is 54.1 Å². The van der Waals surface area contributed by atoms with Gasteiger partial charge in [0.05, 0.1) is 23.2 Å². The van der Waals surface area contributed by atoms with Gasteiger partial charge in [0, 0.05) is 6.54 Å². The van der Waals surface area contributed by atoms with E-state index in [9.17, 15) is 14.0 Å². The van der Waals surface area contributed by atoms with Crippen molar-refractivity contribution in [3.8, 4) is 0 Å². The van der Waals surface area contributed by atoms with Crippen LogP contribution in [-0.2, 0) is 9.59 Å². The number of hydrogen-bond acceptors (Lipinski definition) is 5. The van der Waals surface area contributed by atoms with Gasteiger partial charge in [-0.15, -0.1) is 0 Å². The molecular formula is C14H18BClFN3O4. The van der Waals surface area contributed by atoms with Crippen molar-refractivity contribution in [2.45, 2.75) is 25.3 Å². The first-order valence-electron chi connectivity index (χ1n) is 7.44. The van der Waals surface area contributed by atoms with Gasteiger partial charge in [-0.25, -0.2) is 4.39 Å². The molecule has 1 fully saturated rings. The highest BCUT2D eigenvalue weighted by molar-refractivity contribution is 6.43. The third-order valence-corrected chi connectivity index (χ3v) is 4.10. The van der Waals surface area contributed by atoms with E-state index in [2.05, 4.69) is 10.6 Å². The van der Waals surface area contributed by atoms with Gasteiger partial charge >= 0.3 is 7.12 Å². The number of anilines is 1. The maximum Gasteiger partial charge on any atom is 0.475 e. The Morgan fingerprint density at radius 1 is 1.50 bits per heavy atom. The summed E-state index contributed by atoms with van der Waals surface area (Å²) in [6.45, 7) is 1.75. The zero-order valence-corrected chi connectivity index (χ0v) is 13.8. The predicted octanol–water partition coefficient (Wildman–Crippen LogP) is -0.309. The van der Waals surface area contributed by atoms with Crippen LogP contribution in [0.15, 0.2) is 18.2 Å². The van der Waals surface area contributed by atoms with Crippen molar-refractivity contribution < 1.29 is 24.0 Å². The molecule has 0 bridgehead atoms. The Morgan fingerprint density at radius 3 is 2.75 bits per heavy atom. The van der Waals surface area contributed by atoms with Gasteiger partial charge in [-0.1, -0.05) is 11.6 Å². The Morgan fingerprint density at radius 2 is 2.21 bits per heavy atom. The fraction of sp³-hybridized carbons (Fsp3) is 0.429. The highest BCUT2D eigenvalue weighted by atomic mass is 35.5. The van der Waals surface area contributed by atoms with Crippen LogP contribution in [0.3, 0.4) is 0 Å². The van der Waals surface area contributed by atoms with E-state index in [1.807, 2.05) is 0 Å². The molecule has 0 aliphatic carbocycles. The van der Waals surface area contributed by atoms with Crippen LogP contribution in [0.5, 0.6) is 0 Å². The molecule has 0 saturated carbocycles. The predicted molar refractivity (Wildman–Crippen MR) is 88.0 cm³/mol. The number of hydrogen-bond donors (Lipinski definition) is 4. The molecule has 1 aromatic rings. The SMILES string of the molecule is CC(NC(=O)CNC(=O)[C@@H]1CCN1c1ccc(F)cc1Cl)B(O)O. The van der Waals surface area contributed by atoms with Crippen LogP contribution in [0.2, 0.25) is 5.02 Å². The van der Waals surface area contributed by atoms with Gasteiger partial charge in [0.1, 0.15) is 11.9 Å². The van der Waals surface area contributed by atoms with Gasteiger partial charge in [-0.3, -0.25) is 9.59 Å². The largest absolute Gasteiger partial charge is 0.475 e. The Hall–Kier alpha value is -1.84. The van der Waals surface area contributed by atoms with Crippen LogP contribution in [0.25, 0.3) is 0 Å². The number of halogens is 2. The molecule has 4 N–H and O–H groups in total. The molecule has 24 heavy (non-hydrogen) atoms. The van der Waals surface area contributed by atoms with Crippen molar-refractivity contribution in [1.82, 2.24) is 10.6 Å². The van der Waals surface area contributed by atoms with Crippen molar-refractivity contribution in [3.63, 3.8) is 0 Å². The third kappa shape index (κ3) is 4.37. The van der Waals surface area contributed by atoms with Crippen molar-refractivity contribution in [1.29, 1.82) is 0 Å². The smallest absolute Gasteiger partial charge is 0.426 e. The van der Waals surface area contributed by atoms with E-state index in [1.165, 1.54) is 25.1 Å². The summed E-state index contributed by atoms with van der Waals surface area (Å²) in [5, 5.41) is 22.8. The van der Waals surface area contributed by atoms with Gasteiger partial charge in [0.25, 0.3) is 0 Å². The van der Waals surface area contributed by atoms with Crippen LogP contribution in [0.1, 0.15) is 13.3 Å². The monoisotopic (exact) mass is 357 g/mol. The highest BCUT2D eigenvalue weighted by Gasteiger charge is 2.35. The number of carbonyl (C=O) groups is 2. The number of amides is 2. The van der Waals surface area contributed by atoms with Gasteiger partial charge in [0.15, 0.2) is 0 Å².